The van der Waals surface area contributed by atoms with E-state index in [-0.39, 0.29) is 22.0 Å². The maximum absolute atomic E-state index is 15.1. The molecule has 1 unspecified atom stereocenters. The molecule has 28 heavy (non-hydrogen) atoms. The van der Waals surface area contributed by atoms with Crippen LogP contribution in [0.4, 0.5) is 10.1 Å². The molecule has 8 heteroatoms. The molecule has 1 aromatic heterocycles. The van der Waals surface area contributed by atoms with Gasteiger partial charge in [0.15, 0.2) is 0 Å². The summed E-state index contributed by atoms with van der Waals surface area (Å²) in [4.78, 5) is 26.1. The van der Waals surface area contributed by atoms with Gasteiger partial charge in [0.25, 0.3) is 0 Å². The molecule has 2 heterocycles. The van der Waals surface area contributed by atoms with Gasteiger partial charge in [0.2, 0.25) is 5.43 Å². The van der Waals surface area contributed by atoms with E-state index < -0.39 is 17.2 Å². The second-order valence-electron chi connectivity index (χ2n) is 8.11. The maximum atomic E-state index is 15.1. The summed E-state index contributed by atoms with van der Waals surface area (Å²) in [5.74, 6) is -1.89. The number of aromatic carboxylic acids is 1. The van der Waals surface area contributed by atoms with Crippen LogP contribution in [0.25, 0.3) is 10.9 Å². The zero-order valence-electron chi connectivity index (χ0n) is 15.3. The number of pyridine rings is 1. The van der Waals surface area contributed by atoms with Crippen molar-refractivity contribution in [2.75, 3.05) is 18.0 Å². The van der Waals surface area contributed by atoms with E-state index in [1.807, 2.05) is 4.90 Å². The van der Waals surface area contributed by atoms with Crippen molar-refractivity contribution in [3.63, 3.8) is 0 Å². The van der Waals surface area contributed by atoms with E-state index in [1.54, 1.807) is 4.57 Å². The Kier molecular flexibility index (Phi) is 4.14. The van der Waals surface area contributed by atoms with Gasteiger partial charge < -0.3 is 19.9 Å². The fourth-order valence-electron chi connectivity index (χ4n) is 4.20. The quantitative estimate of drug-likeness (QED) is 0.799. The van der Waals surface area contributed by atoms with Crippen LogP contribution >= 0.6 is 11.6 Å². The highest BCUT2D eigenvalue weighted by Gasteiger charge is 2.33. The van der Waals surface area contributed by atoms with Gasteiger partial charge in [0.1, 0.15) is 11.4 Å². The van der Waals surface area contributed by atoms with Crippen molar-refractivity contribution in [1.29, 1.82) is 0 Å². The first-order valence-corrected chi connectivity index (χ1v) is 10.1. The molecule has 1 aromatic carbocycles. The summed E-state index contributed by atoms with van der Waals surface area (Å²) in [6.45, 7) is 1.35. The van der Waals surface area contributed by atoms with Gasteiger partial charge in [-0.2, -0.15) is 0 Å². The molecule has 1 aliphatic heterocycles. The van der Waals surface area contributed by atoms with Gasteiger partial charge in [-0.15, -0.1) is 0 Å². The molecule has 2 aliphatic carbocycles. The van der Waals surface area contributed by atoms with Gasteiger partial charge in [0.05, 0.1) is 21.6 Å². The predicted octanol–water partition coefficient (Wildman–Crippen LogP) is 3.16. The van der Waals surface area contributed by atoms with Crippen molar-refractivity contribution in [2.45, 2.75) is 50.2 Å². The summed E-state index contributed by atoms with van der Waals surface area (Å²) in [7, 11) is 0. The number of hydrogen-bond acceptors (Lipinski definition) is 4. The molecule has 5 rings (SSSR count). The Morgan fingerprint density at radius 3 is 2.61 bits per heavy atom. The third-order valence-electron chi connectivity index (χ3n) is 5.91. The Morgan fingerprint density at radius 2 is 1.96 bits per heavy atom. The SMILES string of the molecule is O=C(O)c1cn(C2CC2)c2c(Cl)c(N3CCC(NC4CC4)C3)c(F)cc2c1=O. The first-order valence-electron chi connectivity index (χ1n) is 9.75. The van der Waals surface area contributed by atoms with Crippen molar-refractivity contribution >= 4 is 34.2 Å². The summed E-state index contributed by atoms with van der Waals surface area (Å²) < 4.78 is 16.8. The second-order valence-corrected chi connectivity index (χ2v) is 8.48. The minimum Gasteiger partial charge on any atom is -0.477 e. The van der Waals surface area contributed by atoms with Gasteiger partial charge in [-0.3, -0.25) is 4.79 Å². The van der Waals surface area contributed by atoms with Crippen molar-refractivity contribution in [2.24, 2.45) is 0 Å². The third-order valence-corrected chi connectivity index (χ3v) is 6.27. The number of anilines is 1. The van der Waals surface area contributed by atoms with Crippen molar-refractivity contribution < 1.29 is 14.3 Å². The van der Waals surface area contributed by atoms with E-state index in [9.17, 15) is 14.7 Å². The van der Waals surface area contributed by atoms with Crippen LogP contribution in [-0.4, -0.2) is 40.8 Å². The van der Waals surface area contributed by atoms with Gasteiger partial charge in [-0.25, -0.2) is 9.18 Å². The molecule has 148 valence electrons. The van der Waals surface area contributed by atoms with Crippen molar-refractivity contribution in [1.82, 2.24) is 9.88 Å². The zero-order valence-corrected chi connectivity index (χ0v) is 16.0. The number of carboxylic acid groups (broad SMARTS) is 1. The molecule has 3 fully saturated rings. The summed E-state index contributed by atoms with van der Waals surface area (Å²) in [5, 5.41) is 13.2. The lowest BCUT2D eigenvalue weighted by molar-refractivity contribution is 0.0695. The smallest absolute Gasteiger partial charge is 0.341 e. The van der Waals surface area contributed by atoms with E-state index >= 15 is 4.39 Å². The minimum absolute atomic E-state index is 0.0323. The van der Waals surface area contributed by atoms with Crippen LogP contribution in [0.3, 0.4) is 0 Å². The number of hydrogen-bond donors (Lipinski definition) is 2. The fourth-order valence-corrected chi connectivity index (χ4v) is 4.61. The summed E-state index contributed by atoms with van der Waals surface area (Å²) in [6.07, 6.45) is 6.44. The molecule has 0 spiro atoms. The normalized spacial score (nSPS) is 22.2. The van der Waals surface area contributed by atoms with E-state index in [0.717, 1.165) is 25.3 Å². The number of nitrogens with one attached hydrogen (secondary N) is 1. The number of aromatic nitrogens is 1. The molecule has 6 nitrogen and oxygen atoms in total. The number of benzene rings is 1. The lowest BCUT2D eigenvalue weighted by Crippen LogP contribution is -2.34. The first-order chi connectivity index (χ1) is 13.4. The Balaban J connectivity index is 1.63. The van der Waals surface area contributed by atoms with Crippen molar-refractivity contribution in [3.8, 4) is 0 Å². The Labute approximate surface area is 165 Å². The van der Waals surface area contributed by atoms with Crippen LogP contribution in [0, 0.1) is 5.82 Å². The van der Waals surface area contributed by atoms with E-state index in [2.05, 4.69) is 5.32 Å². The van der Waals surface area contributed by atoms with Gasteiger partial charge in [-0.05, 0) is 38.2 Å². The average molecular weight is 406 g/mol. The molecular weight excluding hydrogens is 385 g/mol. The van der Waals surface area contributed by atoms with Crippen LogP contribution < -0.4 is 15.6 Å². The third kappa shape index (κ3) is 2.97. The number of halogens is 2. The van der Waals surface area contributed by atoms with Gasteiger partial charge in [-0.1, -0.05) is 11.6 Å². The van der Waals surface area contributed by atoms with Crippen LogP contribution in [0.5, 0.6) is 0 Å². The standard InChI is InChI=1S/C20H21ClFN3O3/c21-16-17-13(19(26)14(20(27)28)9-25(17)12-3-4-12)7-15(22)18(16)24-6-5-11(8-24)23-10-1-2-10/h7,9-12,23H,1-6,8H2,(H,27,28). The Hall–Kier alpha value is -2.12. The van der Waals surface area contributed by atoms with E-state index in [1.165, 1.54) is 19.0 Å². The molecule has 0 amide bonds. The Bertz CT molecular complexity index is 1050. The zero-order chi connectivity index (χ0) is 19.6. The topological polar surface area (TPSA) is 74.6 Å². The molecule has 3 aliphatic rings. The molecule has 2 aromatic rings. The lowest BCUT2D eigenvalue weighted by atomic mass is 10.1. The number of fused-ring (bicyclic) bond motifs is 1. The maximum Gasteiger partial charge on any atom is 0.341 e. The summed E-state index contributed by atoms with van der Waals surface area (Å²) in [6, 6.07) is 2.14. The number of carboxylic acids is 1. The summed E-state index contributed by atoms with van der Waals surface area (Å²) >= 11 is 6.66. The number of carbonyl (C=O) groups is 1. The molecule has 0 bridgehead atoms. The minimum atomic E-state index is -1.31. The summed E-state index contributed by atoms with van der Waals surface area (Å²) in [5.41, 5.74) is -0.292. The predicted molar refractivity (Wildman–Crippen MR) is 105 cm³/mol. The lowest BCUT2D eigenvalue weighted by Gasteiger charge is -2.23. The Morgan fingerprint density at radius 1 is 1.21 bits per heavy atom. The van der Waals surface area contributed by atoms with E-state index in [0.29, 0.717) is 36.4 Å². The van der Waals surface area contributed by atoms with Crippen LogP contribution in [-0.2, 0) is 0 Å². The second kappa shape index (κ2) is 6.46. The monoisotopic (exact) mass is 405 g/mol. The first kappa shape index (κ1) is 17.9. The number of rotatable bonds is 5. The van der Waals surface area contributed by atoms with Crippen LogP contribution in [0.1, 0.15) is 48.5 Å². The molecule has 1 atom stereocenters. The molecule has 2 N–H and O–H groups in total. The molecule has 1 saturated heterocycles. The highest BCUT2D eigenvalue weighted by molar-refractivity contribution is 6.38. The van der Waals surface area contributed by atoms with Crippen LogP contribution in [0.15, 0.2) is 17.1 Å². The van der Waals surface area contributed by atoms with Gasteiger partial charge >= 0.3 is 5.97 Å². The average Bonchev–Trinajstić information content (AvgIpc) is 3.56. The number of nitrogens with zero attached hydrogens (tertiary/aromatic N) is 2. The van der Waals surface area contributed by atoms with Crippen LogP contribution in [0.2, 0.25) is 5.02 Å². The molecule has 0 radical (unpaired) electrons. The van der Waals surface area contributed by atoms with Crippen molar-refractivity contribution in [3.05, 3.63) is 38.9 Å². The van der Waals surface area contributed by atoms with Gasteiger partial charge in [0, 0.05) is 37.4 Å². The highest BCUT2D eigenvalue weighted by atomic mass is 35.5. The van der Waals surface area contributed by atoms with E-state index in [4.69, 9.17) is 11.6 Å². The fraction of sp³-hybridized carbons (Fsp3) is 0.500. The molecular formula is C20H21ClFN3O3. The largest absolute Gasteiger partial charge is 0.477 e. The highest BCUT2D eigenvalue weighted by Crippen LogP contribution is 2.42. The molecule has 2 saturated carbocycles.